The van der Waals surface area contributed by atoms with Crippen LogP contribution in [0.3, 0.4) is 0 Å². The van der Waals surface area contributed by atoms with Crippen molar-refractivity contribution in [3.63, 3.8) is 0 Å². The van der Waals surface area contributed by atoms with Gasteiger partial charge in [-0.2, -0.15) is 0 Å². The van der Waals surface area contributed by atoms with Crippen molar-refractivity contribution in [1.82, 2.24) is 5.32 Å². The fourth-order valence-corrected chi connectivity index (χ4v) is 2.04. The van der Waals surface area contributed by atoms with Gasteiger partial charge in [0.1, 0.15) is 5.75 Å². The molecule has 0 aliphatic heterocycles. The zero-order valence-electron chi connectivity index (χ0n) is 12.0. The molecule has 0 bridgehead atoms. The minimum atomic E-state index is -0.601. The summed E-state index contributed by atoms with van der Waals surface area (Å²) in [5.41, 5.74) is 0.813. The van der Waals surface area contributed by atoms with Crippen LogP contribution in [-0.4, -0.2) is 36.5 Å². The summed E-state index contributed by atoms with van der Waals surface area (Å²) < 4.78 is 5.13. The molecule has 19 heavy (non-hydrogen) atoms. The van der Waals surface area contributed by atoms with Gasteiger partial charge < -0.3 is 20.3 Å². The Morgan fingerprint density at radius 3 is 2.63 bits per heavy atom. The zero-order valence-corrected chi connectivity index (χ0v) is 12.0. The highest BCUT2D eigenvalue weighted by molar-refractivity contribution is 5.29. The Bertz CT molecular complexity index is 368. The number of benzene rings is 1. The number of aliphatic hydroxyl groups is 2. The maximum Gasteiger partial charge on any atom is 0.119 e. The Kier molecular flexibility index (Phi) is 6.84. The molecule has 0 heterocycles. The molecule has 1 aromatic rings. The van der Waals surface area contributed by atoms with E-state index < -0.39 is 6.10 Å². The Hall–Kier alpha value is -1.10. The van der Waals surface area contributed by atoms with E-state index in [1.807, 2.05) is 24.3 Å². The second-order valence-electron chi connectivity index (χ2n) is 5.21. The molecule has 108 valence electrons. The van der Waals surface area contributed by atoms with Crippen molar-refractivity contribution in [3.05, 3.63) is 29.8 Å². The first-order valence-electron chi connectivity index (χ1n) is 6.73. The summed E-state index contributed by atoms with van der Waals surface area (Å²) in [5, 5.41) is 22.6. The number of ether oxygens (including phenoxy) is 1. The Labute approximate surface area is 115 Å². The average Bonchev–Trinajstić information content (AvgIpc) is 2.42. The number of nitrogens with one attached hydrogen (secondary N) is 1. The normalized spacial score (nSPS) is 14.4. The van der Waals surface area contributed by atoms with Crippen molar-refractivity contribution in [1.29, 1.82) is 0 Å². The van der Waals surface area contributed by atoms with Crippen LogP contribution in [0.2, 0.25) is 0 Å². The third kappa shape index (κ3) is 5.59. The van der Waals surface area contributed by atoms with E-state index in [1.165, 1.54) is 0 Å². The summed E-state index contributed by atoms with van der Waals surface area (Å²) in [4.78, 5) is 0. The van der Waals surface area contributed by atoms with Crippen molar-refractivity contribution >= 4 is 0 Å². The molecule has 2 atom stereocenters. The van der Waals surface area contributed by atoms with Gasteiger partial charge in [0, 0.05) is 12.6 Å². The van der Waals surface area contributed by atoms with Crippen LogP contribution in [0.25, 0.3) is 0 Å². The molecule has 0 amide bonds. The van der Waals surface area contributed by atoms with Crippen LogP contribution < -0.4 is 10.1 Å². The van der Waals surface area contributed by atoms with Crippen molar-refractivity contribution in [2.75, 3.05) is 20.3 Å². The van der Waals surface area contributed by atoms with Gasteiger partial charge in [0.25, 0.3) is 0 Å². The highest BCUT2D eigenvalue weighted by Crippen LogP contribution is 2.18. The minimum absolute atomic E-state index is 0.0280. The Morgan fingerprint density at radius 2 is 2.05 bits per heavy atom. The summed E-state index contributed by atoms with van der Waals surface area (Å²) in [6.45, 7) is 4.74. The van der Waals surface area contributed by atoms with Gasteiger partial charge >= 0.3 is 0 Å². The lowest BCUT2D eigenvalue weighted by molar-refractivity contribution is 0.153. The third-order valence-electron chi connectivity index (χ3n) is 3.05. The number of aliphatic hydroxyl groups excluding tert-OH is 2. The second-order valence-corrected chi connectivity index (χ2v) is 5.21. The fourth-order valence-electron chi connectivity index (χ4n) is 2.04. The first kappa shape index (κ1) is 16.0. The van der Waals surface area contributed by atoms with Gasteiger partial charge in [-0.15, -0.1) is 0 Å². The zero-order chi connectivity index (χ0) is 14.3. The van der Waals surface area contributed by atoms with E-state index in [9.17, 15) is 10.2 Å². The van der Waals surface area contributed by atoms with Crippen LogP contribution in [0.5, 0.6) is 5.75 Å². The van der Waals surface area contributed by atoms with Crippen LogP contribution in [0, 0.1) is 5.92 Å². The molecule has 0 radical (unpaired) electrons. The van der Waals surface area contributed by atoms with Crippen LogP contribution in [0.15, 0.2) is 24.3 Å². The molecule has 2 unspecified atom stereocenters. The lowest BCUT2D eigenvalue weighted by Crippen LogP contribution is -2.36. The molecule has 0 fully saturated rings. The Morgan fingerprint density at radius 1 is 1.32 bits per heavy atom. The third-order valence-corrected chi connectivity index (χ3v) is 3.05. The predicted octanol–water partition coefficient (Wildman–Crippen LogP) is 1.73. The van der Waals surface area contributed by atoms with Gasteiger partial charge in [-0.05, 0) is 30.0 Å². The van der Waals surface area contributed by atoms with Gasteiger partial charge in [-0.3, -0.25) is 0 Å². The lowest BCUT2D eigenvalue weighted by atomic mass is 10.0. The van der Waals surface area contributed by atoms with Gasteiger partial charge in [0.05, 0.1) is 19.8 Å². The molecule has 4 heteroatoms. The van der Waals surface area contributed by atoms with E-state index in [-0.39, 0.29) is 12.6 Å². The largest absolute Gasteiger partial charge is 0.497 e. The molecule has 1 rings (SSSR count). The molecular weight excluding hydrogens is 242 g/mol. The van der Waals surface area contributed by atoms with Gasteiger partial charge in [-0.1, -0.05) is 26.0 Å². The molecule has 0 aliphatic rings. The maximum absolute atomic E-state index is 10.1. The number of rotatable bonds is 8. The van der Waals surface area contributed by atoms with E-state index >= 15 is 0 Å². The molecule has 0 spiro atoms. The number of hydrogen-bond acceptors (Lipinski definition) is 4. The van der Waals surface area contributed by atoms with Gasteiger partial charge in [-0.25, -0.2) is 0 Å². The Balaban J connectivity index is 2.51. The van der Waals surface area contributed by atoms with Crippen molar-refractivity contribution < 1.29 is 14.9 Å². The standard InChI is InChI=1S/C15H25NO3/c1-11(2)7-13(10-17)16-9-15(18)12-5-4-6-14(8-12)19-3/h4-6,8,11,13,15-18H,7,9-10H2,1-3H3. The van der Waals surface area contributed by atoms with Crippen molar-refractivity contribution in [2.45, 2.75) is 32.4 Å². The summed E-state index contributed by atoms with van der Waals surface area (Å²) in [6, 6.07) is 7.42. The quantitative estimate of drug-likeness (QED) is 0.671. The molecule has 3 N–H and O–H groups in total. The number of methoxy groups -OCH3 is 1. The first-order chi connectivity index (χ1) is 9.06. The molecule has 0 aromatic heterocycles. The van der Waals surface area contributed by atoms with E-state index in [2.05, 4.69) is 19.2 Å². The van der Waals surface area contributed by atoms with Crippen LogP contribution >= 0.6 is 0 Å². The molecule has 4 nitrogen and oxygen atoms in total. The van der Waals surface area contributed by atoms with Crippen LogP contribution in [0.4, 0.5) is 0 Å². The monoisotopic (exact) mass is 267 g/mol. The molecule has 0 aliphatic carbocycles. The lowest BCUT2D eigenvalue weighted by Gasteiger charge is -2.20. The van der Waals surface area contributed by atoms with Crippen molar-refractivity contribution in [2.24, 2.45) is 5.92 Å². The number of hydrogen-bond donors (Lipinski definition) is 3. The summed E-state index contributed by atoms with van der Waals surface area (Å²) >= 11 is 0. The average molecular weight is 267 g/mol. The van der Waals surface area contributed by atoms with Gasteiger partial charge in [0.2, 0.25) is 0 Å². The predicted molar refractivity (Wildman–Crippen MR) is 76.3 cm³/mol. The van der Waals surface area contributed by atoms with E-state index in [0.29, 0.717) is 12.5 Å². The molecule has 0 saturated carbocycles. The maximum atomic E-state index is 10.1. The van der Waals surface area contributed by atoms with Gasteiger partial charge in [0.15, 0.2) is 0 Å². The van der Waals surface area contributed by atoms with Crippen LogP contribution in [-0.2, 0) is 0 Å². The molecule has 0 saturated heterocycles. The van der Waals surface area contributed by atoms with E-state index in [0.717, 1.165) is 17.7 Å². The smallest absolute Gasteiger partial charge is 0.119 e. The minimum Gasteiger partial charge on any atom is -0.497 e. The highest BCUT2D eigenvalue weighted by Gasteiger charge is 2.13. The van der Waals surface area contributed by atoms with E-state index in [4.69, 9.17) is 4.74 Å². The second kappa shape index (κ2) is 8.15. The first-order valence-corrected chi connectivity index (χ1v) is 6.73. The highest BCUT2D eigenvalue weighted by atomic mass is 16.5. The topological polar surface area (TPSA) is 61.7 Å². The fraction of sp³-hybridized carbons (Fsp3) is 0.600. The summed E-state index contributed by atoms with van der Waals surface area (Å²) in [7, 11) is 1.61. The summed E-state index contributed by atoms with van der Waals surface area (Å²) in [6.07, 6.45) is 0.290. The van der Waals surface area contributed by atoms with Crippen LogP contribution in [0.1, 0.15) is 31.9 Å². The summed E-state index contributed by atoms with van der Waals surface area (Å²) in [5.74, 6) is 1.25. The molecular formula is C15H25NO3. The van der Waals surface area contributed by atoms with Crippen molar-refractivity contribution in [3.8, 4) is 5.75 Å². The SMILES string of the molecule is COc1cccc(C(O)CNC(CO)CC(C)C)c1. The van der Waals surface area contributed by atoms with E-state index in [1.54, 1.807) is 7.11 Å². The molecule has 1 aromatic carbocycles.